The first-order valence-corrected chi connectivity index (χ1v) is 11.1. The molecule has 0 aliphatic carbocycles. The molecule has 3 aromatic carbocycles. The van der Waals surface area contributed by atoms with Crippen LogP contribution >= 0.6 is 22.9 Å². The van der Waals surface area contributed by atoms with E-state index in [1.54, 1.807) is 42.5 Å². The summed E-state index contributed by atoms with van der Waals surface area (Å²) in [6.45, 7) is 0. The van der Waals surface area contributed by atoms with Crippen LogP contribution in [-0.2, 0) is 10.0 Å². The van der Waals surface area contributed by atoms with Crippen LogP contribution in [0, 0.1) is 0 Å². The molecular weight excluding hydrogens is 430 g/mol. The number of aromatic nitrogens is 1. The number of halogens is 1. The number of nitrogens with zero attached hydrogens (tertiary/aromatic N) is 1. The van der Waals surface area contributed by atoms with Crippen LogP contribution in [0.15, 0.2) is 77.7 Å². The number of amides is 1. The quantitative estimate of drug-likeness (QED) is 0.454. The molecular formula is C20H14ClN3O3S2. The molecule has 1 aromatic heterocycles. The molecule has 0 bridgehead atoms. The Balaban J connectivity index is 1.55. The molecule has 0 spiro atoms. The van der Waals surface area contributed by atoms with E-state index in [1.165, 1.54) is 35.6 Å². The van der Waals surface area contributed by atoms with Gasteiger partial charge in [-0.15, -0.1) is 0 Å². The van der Waals surface area contributed by atoms with Crippen molar-refractivity contribution in [2.75, 3.05) is 10.0 Å². The second-order valence-electron chi connectivity index (χ2n) is 6.08. The van der Waals surface area contributed by atoms with Crippen LogP contribution in [0.2, 0.25) is 5.02 Å². The van der Waals surface area contributed by atoms with Crippen molar-refractivity contribution in [1.29, 1.82) is 0 Å². The molecule has 4 aromatic rings. The van der Waals surface area contributed by atoms with Gasteiger partial charge >= 0.3 is 0 Å². The number of anilines is 2. The standard InChI is InChI=1S/C20H14ClN3O3S2/c21-14-6-9-16(10-7-14)29(26,27)24-15-8-11-18-17(12-15)22-20(28-18)23-19(25)13-4-2-1-3-5-13/h1-12,24H,(H,22,23,25). The average molecular weight is 444 g/mol. The van der Waals surface area contributed by atoms with Crippen LogP contribution in [-0.4, -0.2) is 19.3 Å². The SMILES string of the molecule is O=C(Nc1nc2cc(NS(=O)(=O)c3ccc(Cl)cc3)ccc2s1)c1ccccc1. The predicted octanol–water partition coefficient (Wildman–Crippen LogP) is 5.00. The third kappa shape index (κ3) is 4.40. The number of sulfonamides is 1. The van der Waals surface area contributed by atoms with E-state index < -0.39 is 10.0 Å². The Labute approximate surface area is 176 Å². The summed E-state index contributed by atoms with van der Waals surface area (Å²) >= 11 is 7.12. The number of nitrogens with one attached hydrogen (secondary N) is 2. The highest BCUT2D eigenvalue weighted by Gasteiger charge is 2.15. The smallest absolute Gasteiger partial charge is 0.261 e. The second-order valence-corrected chi connectivity index (χ2v) is 9.23. The van der Waals surface area contributed by atoms with Gasteiger partial charge in [-0.1, -0.05) is 41.1 Å². The van der Waals surface area contributed by atoms with E-state index in [9.17, 15) is 13.2 Å². The number of carbonyl (C=O) groups excluding carboxylic acids is 1. The van der Waals surface area contributed by atoms with Crippen LogP contribution < -0.4 is 10.0 Å². The topological polar surface area (TPSA) is 88.2 Å². The minimum atomic E-state index is -3.75. The molecule has 0 radical (unpaired) electrons. The van der Waals surface area contributed by atoms with Gasteiger partial charge < -0.3 is 0 Å². The zero-order valence-electron chi connectivity index (χ0n) is 14.8. The van der Waals surface area contributed by atoms with Crippen LogP contribution in [0.25, 0.3) is 10.2 Å². The third-order valence-electron chi connectivity index (χ3n) is 4.02. The fourth-order valence-corrected chi connectivity index (χ4v) is 4.65. The van der Waals surface area contributed by atoms with Crippen molar-refractivity contribution in [3.05, 3.63) is 83.4 Å². The van der Waals surface area contributed by atoms with E-state index in [4.69, 9.17) is 11.6 Å². The fourth-order valence-electron chi connectivity index (χ4n) is 2.63. The van der Waals surface area contributed by atoms with Crippen LogP contribution in [0.1, 0.15) is 10.4 Å². The highest BCUT2D eigenvalue weighted by Crippen LogP contribution is 2.29. The minimum Gasteiger partial charge on any atom is -0.298 e. The first-order valence-electron chi connectivity index (χ1n) is 8.46. The van der Waals surface area contributed by atoms with Crippen molar-refractivity contribution in [3.8, 4) is 0 Å². The Morgan fingerprint density at radius 1 is 0.966 bits per heavy atom. The zero-order chi connectivity index (χ0) is 20.4. The fraction of sp³-hybridized carbons (Fsp3) is 0. The number of carbonyl (C=O) groups is 1. The summed E-state index contributed by atoms with van der Waals surface area (Å²) in [7, 11) is -3.75. The Morgan fingerprint density at radius 2 is 1.69 bits per heavy atom. The molecule has 6 nitrogen and oxygen atoms in total. The number of hydrogen-bond donors (Lipinski definition) is 2. The molecule has 9 heteroatoms. The lowest BCUT2D eigenvalue weighted by Crippen LogP contribution is -2.12. The number of benzene rings is 3. The van der Waals surface area contributed by atoms with E-state index in [0.717, 1.165) is 4.70 Å². The molecule has 2 N–H and O–H groups in total. The number of hydrogen-bond acceptors (Lipinski definition) is 5. The lowest BCUT2D eigenvalue weighted by Gasteiger charge is -2.08. The molecule has 0 fully saturated rings. The lowest BCUT2D eigenvalue weighted by atomic mass is 10.2. The van der Waals surface area contributed by atoms with Crippen molar-refractivity contribution in [2.45, 2.75) is 4.90 Å². The summed E-state index contributed by atoms with van der Waals surface area (Å²) in [5.41, 5.74) is 1.48. The largest absolute Gasteiger partial charge is 0.298 e. The highest BCUT2D eigenvalue weighted by molar-refractivity contribution is 7.92. The molecule has 29 heavy (non-hydrogen) atoms. The van der Waals surface area contributed by atoms with Gasteiger partial charge in [0, 0.05) is 10.6 Å². The normalized spacial score (nSPS) is 11.3. The lowest BCUT2D eigenvalue weighted by molar-refractivity contribution is 0.102. The molecule has 0 aliphatic rings. The Morgan fingerprint density at radius 3 is 2.41 bits per heavy atom. The number of thiazole rings is 1. The second kappa shape index (κ2) is 7.82. The summed E-state index contributed by atoms with van der Waals surface area (Å²) in [5, 5.41) is 3.66. The van der Waals surface area contributed by atoms with Gasteiger partial charge in [-0.3, -0.25) is 14.8 Å². The van der Waals surface area contributed by atoms with Gasteiger partial charge in [0.15, 0.2) is 5.13 Å². The molecule has 0 atom stereocenters. The number of rotatable bonds is 5. The zero-order valence-corrected chi connectivity index (χ0v) is 17.2. The number of fused-ring (bicyclic) bond motifs is 1. The molecule has 0 aliphatic heterocycles. The molecule has 0 unspecified atom stereocenters. The third-order valence-corrected chi connectivity index (χ3v) is 6.62. The van der Waals surface area contributed by atoms with Crippen molar-refractivity contribution in [3.63, 3.8) is 0 Å². The van der Waals surface area contributed by atoms with Crippen LogP contribution in [0.4, 0.5) is 10.8 Å². The van der Waals surface area contributed by atoms with E-state index in [0.29, 0.717) is 26.9 Å². The van der Waals surface area contributed by atoms with Gasteiger partial charge in [0.2, 0.25) is 0 Å². The molecule has 0 saturated carbocycles. The van der Waals surface area contributed by atoms with Gasteiger partial charge in [0.1, 0.15) is 0 Å². The molecule has 1 heterocycles. The summed E-state index contributed by atoms with van der Waals surface area (Å²) in [6.07, 6.45) is 0. The Hall–Kier alpha value is -2.94. The monoisotopic (exact) mass is 443 g/mol. The average Bonchev–Trinajstić information content (AvgIpc) is 3.10. The van der Waals surface area contributed by atoms with Gasteiger partial charge in [-0.25, -0.2) is 13.4 Å². The first kappa shape index (κ1) is 19.4. The Kier molecular flexibility index (Phi) is 5.23. The van der Waals surface area contributed by atoms with E-state index in [1.807, 2.05) is 6.07 Å². The van der Waals surface area contributed by atoms with Crippen molar-refractivity contribution < 1.29 is 13.2 Å². The summed E-state index contributed by atoms with van der Waals surface area (Å²) in [4.78, 5) is 16.8. The van der Waals surface area contributed by atoms with E-state index in [-0.39, 0.29) is 10.8 Å². The maximum Gasteiger partial charge on any atom is 0.261 e. The van der Waals surface area contributed by atoms with Gasteiger partial charge in [-0.2, -0.15) is 0 Å². The first-order chi connectivity index (χ1) is 13.9. The molecule has 1 amide bonds. The molecule has 4 rings (SSSR count). The highest BCUT2D eigenvalue weighted by atomic mass is 35.5. The van der Waals surface area contributed by atoms with Crippen LogP contribution in [0.5, 0.6) is 0 Å². The van der Waals surface area contributed by atoms with Crippen molar-refractivity contribution >= 4 is 59.9 Å². The van der Waals surface area contributed by atoms with Gasteiger partial charge in [-0.05, 0) is 54.6 Å². The minimum absolute atomic E-state index is 0.107. The van der Waals surface area contributed by atoms with Gasteiger partial charge in [0.25, 0.3) is 15.9 Å². The van der Waals surface area contributed by atoms with Gasteiger partial charge in [0.05, 0.1) is 20.8 Å². The summed E-state index contributed by atoms with van der Waals surface area (Å²) in [5.74, 6) is -0.256. The van der Waals surface area contributed by atoms with E-state index >= 15 is 0 Å². The maximum absolute atomic E-state index is 12.5. The predicted molar refractivity (Wildman–Crippen MR) is 116 cm³/mol. The maximum atomic E-state index is 12.5. The Bertz CT molecular complexity index is 1290. The van der Waals surface area contributed by atoms with Crippen molar-refractivity contribution in [1.82, 2.24) is 4.98 Å². The molecule has 0 saturated heterocycles. The molecule has 146 valence electrons. The van der Waals surface area contributed by atoms with Crippen molar-refractivity contribution in [2.24, 2.45) is 0 Å². The summed E-state index contributed by atoms with van der Waals surface area (Å²) in [6, 6.07) is 19.8. The van der Waals surface area contributed by atoms with E-state index in [2.05, 4.69) is 15.0 Å². The summed E-state index contributed by atoms with van der Waals surface area (Å²) < 4.78 is 28.4. The van der Waals surface area contributed by atoms with Crippen LogP contribution in [0.3, 0.4) is 0 Å².